The predicted octanol–water partition coefficient (Wildman–Crippen LogP) is 1.64. The summed E-state index contributed by atoms with van der Waals surface area (Å²) in [4.78, 5) is 0. The number of nitrogens with zero attached hydrogens (tertiary/aromatic N) is 1. The van der Waals surface area contributed by atoms with Crippen LogP contribution in [-0.2, 0) is 16.4 Å². The summed E-state index contributed by atoms with van der Waals surface area (Å²) in [6, 6.07) is 8.93. The molecular weight excluding hydrogens is 304 g/mol. The Hall–Kier alpha value is -0.560. The third-order valence-electron chi connectivity index (χ3n) is 4.19. The van der Waals surface area contributed by atoms with Gasteiger partial charge in [0.1, 0.15) is 0 Å². The van der Waals surface area contributed by atoms with Gasteiger partial charge in [0, 0.05) is 31.4 Å². The number of aryl methyl sites for hydroxylation is 1. The van der Waals surface area contributed by atoms with Crippen molar-refractivity contribution in [2.45, 2.75) is 18.9 Å². The standard InChI is InChI=1S/C15H22N2O2S2/c18-21(19)11-3-8-17(21)9-7-16-15-12-20-10-6-13-4-1-2-5-14(13)15/h1-2,4-5,15-16H,3,6-12H2/t15-/m0/s1. The van der Waals surface area contributed by atoms with Crippen LogP contribution < -0.4 is 5.32 Å². The van der Waals surface area contributed by atoms with Crippen molar-refractivity contribution in [2.24, 2.45) is 0 Å². The Labute approximate surface area is 131 Å². The van der Waals surface area contributed by atoms with Crippen LogP contribution in [0.15, 0.2) is 24.3 Å². The Balaban J connectivity index is 1.60. The van der Waals surface area contributed by atoms with Crippen molar-refractivity contribution in [1.82, 2.24) is 9.62 Å². The molecule has 0 unspecified atom stereocenters. The van der Waals surface area contributed by atoms with E-state index in [1.54, 1.807) is 4.31 Å². The van der Waals surface area contributed by atoms with Gasteiger partial charge in [0.25, 0.3) is 0 Å². The van der Waals surface area contributed by atoms with E-state index >= 15 is 0 Å². The SMILES string of the molecule is O=S1(=O)CCCN1CCN[C@H]1CSCCc2ccccc21. The first-order chi connectivity index (χ1) is 10.2. The summed E-state index contributed by atoms with van der Waals surface area (Å²) in [5, 5.41) is 3.56. The second-order valence-electron chi connectivity index (χ2n) is 5.60. The largest absolute Gasteiger partial charge is 0.308 e. The molecule has 1 saturated heterocycles. The van der Waals surface area contributed by atoms with Crippen molar-refractivity contribution in [3.63, 3.8) is 0 Å². The summed E-state index contributed by atoms with van der Waals surface area (Å²) in [6.45, 7) is 1.99. The van der Waals surface area contributed by atoms with E-state index in [-0.39, 0.29) is 0 Å². The maximum Gasteiger partial charge on any atom is 0.214 e. The maximum absolute atomic E-state index is 11.8. The molecule has 0 spiro atoms. The number of nitrogens with one attached hydrogen (secondary N) is 1. The van der Waals surface area contributed by atoms with Crippen LogP contribution in [0.5, 0.6) is 0 Å². The molecule has 1 aromatic rings. The van der Waals surface area contributed by atoms with Gasteiger partial charge in [-0.3, -0.25) is 0 Å². The number of sulfonamides is 1. The van der Waals surface area contributed by atoms with Crippen molar-refractivity contribution in [3.05, 3.63) is 35.4 Å². The first kappa shape index (κ1) is 15.3. The average molecular weight is 326 g/mol. The van der Waals surface area contributed by atoms with Gasteiger partial charge in [0.2, 0.25) is 10.0 Å². The summed E-state index contributed by atoms with van der Waals surface area (Å²) < 4.78 is 25.2. The van der Waals surface area contributed by atoms with Crippen LogP contribution in [0.2, 0.25) is 0 Å². The zero-order chi connectivity index (χ0) is 14.7. The fourth-order valence-corrected chi connectivity index (χ4v) is 5.64. The third kappa shape index (κ3) is 3.62. The highest BCUT2D eigenvalue weighted by Crippen LogP contribution is 2.27. The number of thioether (sulfide) groups is 1. The van der Waals surface area contributed by atoms with Crippen molar-refractivity contribution in [2.75, 3.05) is 36.9 Å². The quantitative estimate of drug-likeness (QED) is 0.914. The molecule has 116 valence electrons. The van der Waals surface area contributed by atoms with E-state index in [2.05, 4.69) is 29.6 Å². The van der Waals surface area contributed by atoms with Gasteiger partial charge in [-0.15, -0.1) is 0 Å². The number of hydrogen-bond donors (Lipinski definition) is 1. The minimum absolute atomic E-state index is 0.315. The molecule has 0 aliphatic carbocycles. The maximum atomic E-state index is 11.8. The molecule has 0 amide bonds. The molecule has 21 heavy (non-hydrogen) atoms. The van der Waals surface area contributed by atoms with Crippen LogP contribution in [0.1, 0.15) is 23.6 Å². The van der Waals surface area contributed by atoms with Crippen LogP contribution in [0, 0.1) is 0 Å². The fourth-order valence-electron chi connectivity index (χ4n) is 3.05. The van der Waals surface area contributed by atoms with E-state index in [0.717, 1.165) is 30.9 Å². The fraction of sp³-hybridized carbons (Fsp3) is 0.600. The predicted molar refractivity (Wildman–Crippen MR) is 88.2 cm³/mol. The first-order valence-electron chi connectivity index (χ1n) is 7.53. The van der Waals surface area contributed by atoms with Gasteiger partial charge in [0.05, 0.1) is 5.75 Å². The van der Waals surface area contributed by atoms with Crippen LogP contribution >= 0.6 is 11.8 Å². The third-order valence-corrected chi connectivity index (χ3v) is 7.20. The number of fused-ring (bicyclic) bond motifs is 1. The van der Waals surface area contributed by atoms with Gasteiger partial charge in [0.15, 0.2) is 0 Å². The number of rotatable bonds is 4. The topological polar surface area (TPSA) is 49.4 Å². The molecule has 0 saturated carbocycles. The van der Waals surface area contributed by atoms with Crippen LogP contribution in [-0.4, -0.2) is 49.6 Å². The lowest BCUT2D eigenvalue weighted by Gasteiger charge is -2.21. The van der Waals surface area contributed by atoms with Gasteiger partial charge >= 0.3 is 0 Å². The highest BCUT2D eigenvalue weighted by Gasteiger charge is 2.27. The van der Waals surface area contributed by atoms with Crippen molar-refractivity contribution in [3.8, 4) is 0 Å². The zero-order valence-electron chi connectivity index (χ0n) is 12.1. The monoisotopic (exact) mass is 326 g/mol. The molecule has 2 aliphatic rings. The average Bonchev–Trinajstić information content (AvgIpc) is 2.70. The Morgan fingerprint density at radius 3 is 3.00 bits per heavy atom. The lowest BCUT2D eigenvalue weighted by atomic mass is 10.00. The van der Waals surface area contributed by atoms with E-state index in [9.17, 15) is 8.42 Å². The second kappa shape index (κ2) is 6.69. The molecule has 0 radical (unpaired) electrons. The molecule has 2 heterocycles. The van der Waals surface area contributed by atoms with Gasteiger partial charge in [-0.05, 0) is 29.7 Å². The Kier molecular flexibility index (Phi) is 4.88. The van der Waals surface area contributed by atoms with Gasteiger partial charge < -0.3 is 5.32 Å². The summed E-state index contributed by atoms with van der Waals surface area (Å²) in [5.74, 6) is 2.54. The lowest BCUT2D eigenvalue weighted by Crippen LogP contribution is -2.35. The summed E-state index contributed by atoms with van der Waals surface area (Å²) in [7, 11) is -2.97. The molecule has 0 aromatic heterocycles. The molecule has 1 aromatic carbocycles. The molecule has 1 atom stereocenters. The van der Waals surface area contributed by atoms with Gasteiger partial charge in [-0.25, -0.2) is 12.7 Å². The Morgan fingerprint density at radius 2 is 2.19 bits per heavy atom. The lowest BCUT2D eigenvalue weighted by molar-refractivity contribution is 0.423. The number of hydrogen-bond acceptors (Lipinski definition) is 4. The Morgan fingerprint density at radius 1 is 1.33 bits per heavy atom. The smallest absolute Gasteiger partial charge is 0.214 e. The highest BCUT2D eigenvalue weighted by atomic mass is 32.2. The first-order valence-corrected chi connectivity index (χ1v) is 10.3. The zero-order valence-corrected chi connectivity index (χ0v) is 13.8. The molecule has 2 aliphatic heterocycles. The summed E-state index contributed by atoms with van der Waals surface area (Å²) >= 11 is 1.97. The molecule has 1 N–H and O–H groups in total. The molecule has 3 rings (SSSR count). The van der Waals surface area contributed by atoms with Crippen LogP contribution in [0.3, 0.4) is 0 Å². The van der Waals surface area contributed by atoms with E-state index in [1.165, 1.54) is 11.1 Å². The Bertz CT molecular complexity index is 589. The van der Waals surface area contributed by atoms with E-state index in [0.29, 0.717) is 24.9 Å². The van der Waals surface area contributed by atoms with Gasteiger partial charge in [-0.1, -0.05) is 24.3 Å². The van der Waals surface area contributed by atoms with Crippen LogP contribution in [0.25, 0.3) is 0 Å². The molecule has 6 heteroatoms. The minimum Gasteiger partial charge on any atom is -0.308 e. The molecular formula is C15H22N2O2S2. The highest BCUT2D eigenvalue weighted by molar-refractivity contribution is 7.99. The van der Waals surface area contributed by atoms with Crippen molar-refractivity contribution in [1.29, 1.82) is 0 Å². The van der Waals surface area contributed by atoms with Crippen molar-refractivity contribution >= 4 is 21.8 Å². The van der Waals surface area contributed by atoms with Gasteiger partial charge in [-0.2, -0.15) is 11.8 Å². The number of benzene rings is 1. The molecule has 4 nitrogen and oxygen atoms in total. The normalized spacial score (nSPS) is 25.4. The van der Waals surface area contributed by atoms with E-state index in [4.69, 9.17) is 0 Å². The van der Waals surface area contributed by atoms with Crippen molar-refractivity contribution < 1.29 is 8.42 Å². The van der Waals surface area contributed by atoms with E-state index < -0.39 is 10.0 Å². The molecule has 1 fully saturated rings. The minimum atomic E-state index is -2.97. The second-order valence-corrected chi connectivity index (χ2v) is 8.84. The van der Waals surface area contributed by atoms with Crippen LogP contribution in [0.4, 0.5) is 0 Å². The van der Waals surface area contributed by atoms with E-state index in [1.807, 2.05) is 11.8 Å². The molecule has 0 bridgehead atoms. The summed E-state index contributed by atoms with van der Waals surface area (Å²) in [6.07, 6.45) is 1.89. The summed E-state index contributed by atoms with van der Waals surface area (Å²) in [5.41, 5.74) is 2.81.